The van der Waals surface area contributed by atoms with Crippen molar-refractivity contribution >= 4 is 28.8 Å². The molecule has 134 valence electrons. The van der Waals surface area contributed by atoms with Crippen LogP contribution in [0.4, 0.5) is 0 Å². The Bertz CT molecular complexity index is 822. The number of carbonyl (C=O) groups is 1. The molecular weight excluding hydrogens is 360 g/mol. The Morgan fingerprint density at radius 3 is 3.04 bits per heavy atom. The van der Waals surface area contributed by atoms with Gasteiger partial charge in [0.05, 0.1) is 25.3 Å². The topological polar surface area (TPSA) is 52.8 Å². The molecule has 1 aromatic heterocycles. The third kappa shape index (κ3) is 4.32. The number of hydrogen-bond acceptors (Lipinski definition) is 4. The maximum absolute atomic E-state index is 12.7. The van der Waals surface area contributed by atoms with Crippen LogP contribution in [-0.2, 0) is 11.3 Å². The van der Waals surface area contributed by atoms with Gasteiger partial charge in [-0.25, -0.2) is 0 Å². The summed E-state index contributed by atoms with van der Waals surface area (Å²) in [5.41, 5.74) is 1.44. The highest BCUT2D eigenvalue weighted by molar-refractivity contribution is 7.07. The lowest BCUT2D eigenvalue weighted by Crippen LogP contribution is -2.29. The molecule has 0 spiro atoms. The van der Waals surface area contributed by atoms with Gasteiger partial charge >= 0.3 is 0 Å². The van der Waals surface area contributed by atoms with Crippen LogP contribution in [0.2, 0.25) is 5.02 Å². The van der Waals surface area contributed by atoms with Gasteiger partial charge in [-0.15, -0.1) is 11.3 Å². The molecule has 0 radical (unpaired) electrons. The van der Waals surface area contributed by atoms with Crippen LogP contribution < -0.4 is 9.54 Å². The van der Waals surface area contributed by atoms with E-state index in [1.165, 1.54) is 24.9 Å². The average molecular weight is 381 g/mol. The number of halogens is 1. The fourth-order valence-corrected chi connectivity index (χ4v) is 3.93. The number of benzene rings is 1. The standard InChI is InChI=1S/C18H21ClN2O3S/c1-12-11-25-18(21(12)10-14-5-3-4-8-24-14)20-17(22)15-9-13(19)6-7-16(15)23-2/h6-7,9,11,14H,3-5,8,10H2,1-2H3/b20-18-. The number of thiazole rings is 1. The second-order valence-electron chi connectivity index (χ2n) is 6.02. The Labute approximate surface area is 155 Å². The van der Waals surface area contributed by atoms with Gasteiger partial charge in [0, 0.05) is 22.7 Å². The molecule has 1 aromatic carbocycles. The normalized spacial score (nSPS) is 18.4. The van der Waals surface area contributed by atoms with Crippen LogP contribution in [0.15, 0.2) is 28.6 Å². The van der Waals surface area contributed by atoms with Gasteiger partial charge in [0.25, 0.3) is 5.91 Å². The quantitative estimate of drug-likeness (QED) is 0.809. The van der Waals surface area contributed by atoms with Crippen LogP contribution in [0.25, 0.3) is 0 Å². The Morgan fingerprint density at radius 1 is 1.48 bits per heavy atom. The Morgan fingerprint density at radius 2 is 2.32 bits per heavy atom. The van der Waals surface area contributed by atoms with E-state index in [4.69, 9.17) is 21.1 Å². The molecule has 1 atom stereocenters. The van der Waals surface area contributed by atoms with Gasteiger partial charge in [-0.1, -0.05) is 11.6 Å². The molecule has 0 bridgehead atoms. The molecule has 2 aromatic rings. The smallest absolute Gasteiger partial charge is 0.283 e. The molecule has 25 heavy (non-hydrogen) atoms. The molecule has 1 aliphatic rings. The number of aryl methyl sites for hydroxylation is 1. The van der Waals surface area contributed by atoms with E-state index >= 15 is 0 Å². The molecule has 1 saturated heterocycles. The van der Waals surface area contributed by atoms with Gasteiger partial charge in [-0.05, 0) is 44.4 Å². The van der Waals surface area contributed by atoms with Crippen molar-refractivity contribution in [2.24, 2.45) is 4.99 Å². The van der Waals surface area contributed by atoms with Crippen LogP contribution >= 0.6 is 22.9 Å². The molecule has 1 fully saturated rings. The van der Waals surface area contributed by atoms with E-state index < -0.39 is 0 Å². The zero-order valence-corrected chi connectivity index (χ0v) is 15.9. The molecular formula is C18H21ClN2O3S. The summed E-state index contributed by atoms with van der Waals surface area (Å²) in [6.45, 7) is 3.54. The highest BCUT2D eigenvalue weighted by atomic mass is 35.5. The molecule has 3 rings (SSSR count). The minimum Gasteiger partial charge on any atom is -0.496 e. The summed E-state index contributed by atoms with van der Waals surface area (Å²) in [5.74, 6) is 0.105. The monoisotopic (exact) mass is 380 g/mol. The van der Waals surface area contributed by atoms with E-state index in [1.54, 1.807) is 18.2 Å². The van der Waals surface area contributed by atoms with Gasteiger partial charge in [-0.3, -0.25) is 4.79 Å². The molecule has 0 N–H and O–H groups in total. The molecule has 1 unspecified atom stereocenters. The summed E-state index contributed by atoms with van der Waals surface area (Å²) in [6, 6.07) is 4.95. The molecule has 1 amide bonds. The van der Waals surface area contributed by atoms with E-state index in [9.17, 15) is 4.79 Å². The number of aromatic nitrogens is 1. The number of hydrogen-bond donors (Lipinski definition) is 0. The largest absolute Gasteiger partial charge is 0.496 e. The van der Waals surface area contributed by atoms with Gasteiger partial charge < -0.3 is 14.0 Å². The molecule has 7 heteroatoms. The van der Waals surface area contributed by atoms with E-state index in [2.05, 4.69) is 9.56 Å². The molecule has 0 aliphatic carbocycles. The van der Waals surface area contributed by atoms with Crippen LogP contribution in [0.1, 0.15) is 35.3 Å². The lowest BCUT2D eigenvalue weighted by Gasteiger charge is -2.23. The number of ether oxygens (including phenoxy) is 2. The Hall–Kier alpha value is -1.63. The minimum atomic E-state index is -0.362. The molecule has 5 nitrogen and oxygen atoms in total. The van der Waals surface area contributed by atoms with E-state index in [0.717, 1.165) is 25.1 Å². The first-order valence-corrected chi connectivity index (χ1v) is 9.53. The highest BCUT2D eigenvalue weighted by Gasteiger charge is 2.17. The molecule has 2 heterocycles. The van der Waals surface area contributed by atoms with Crippen molar-refractivity contribution < 1.29 is 14.3 Å². The van der Waals surface area contributed by atoms with Gasteiger partial charge in [0.2, 0.25) is 0 Å². The van der Waals surface area contributed by atoms with Crippen molar-refractivity contribution in [2.75, 3.05) is 13.7 Å². The predicted molar refractivity (Wildman–Crippen MR) is 98.5 cm³/mol. The summed E-state index contributed by atoms with van der Waals surface area (Å²) in [4.78, 5) is 17.6. The first-order valence-electron chi connectivity index (χ1n) is 8.27. The number of amides is 1. The third-order valence-corrected chi connectivity index (χ3v) is 5.46. The van der Waals surface area contributed by atoms with Crippen molar-refractivity contribution in [3.8, 4) is 5.75 Å². The van der Waals surface area contributed by atoms with E-state index in [0.29, 0.717) is 27.7 Å². The number of rotatable bonds is 4. The second kappa shape index (κ2) is 8.17. The number of methoxy groups -OCH3 is 1. The number of carbonyl (C=O) groups excluding carboxylic acids is 1. The average Bonchev–Trinajstić information content (AvgIpc) is 2.96. The Kier molecular flexibility index (Phi) is 5.93. The third-order valence-electron chi connectivity index (χ3n) is 4.24. The summed E-state index contributed by atoms with van der Waals surface area (Å²) in [6.07, 6.45) is 3.52. The van der Waals surface area contributed by atoms with E-state index in [1.807, 2.05) is 12.3 Å². The minimum absolute atomic E-state index is 0.178. The first kappa shape index (κ1) is 18.2. The fourth-order valence-electron chi connectivity index (χ4n) is 2.87. The first-order chi connectivity index (χ1) is 12.1. The van der Waals surface area contributed by atoms with Crippen molar-refractivity contribution in [1.29, 1.82) is 0 Å². The zero-order valence-electron chi connectivity index (χ0n) is 14.3. The maximum Gasteiger partial charge on any atom is 0.283 e. The Balaban J connectivity index is 1.91. The van der Waals surface area contributed by atoms with Crippen LogP contribution in [0.5, 0.6) is 5.75 Å². The van der Waals surface area contributed by atoms with E-state index in [-0.39, 0.29) is 12.0 Å². The SMILES string of the molecule is COc1ccc(Cl)cc1C(=O)/N=c1\scc(C)n1CC1CCCCO1. The van der Waals surface area contributed by atoms with Crippen molar-refractivity contribution in [3.63, 3.8) is 0 Å². The summed E-state index contributed by atoms with van der Waals surface area (Å²) in [5, 5.41) is 2.48. The van der Waals surface area contributed by atoms with Gasteiger partial charge in [0.15, 0.2) is 4.80 Å². The maximum atomic E-state index is 12.7. The van der Waals surface area contributed by atoms with Crippen LogP contribution in [-0.4, -0.2) is 30.3 Å². The summed E-state index contributed by atoms with van der Waals surface area (Å²) < 4.78 is 13.1. The molecule has 0 saturated carbocycles. The second-order valence-corrected chi connectivity index (χ2v) is 7.29. The lowest BCUT2D eigenvalue weighted by molar-refractivity contribution is 0.00524. The predicted octanol–water partition coefficient (Wildman–Crippen LogP) is 3.83. The van der Waals surface area contributed by atoms with Crippen molar-refractivity contribution in [2.45, 2.75) is 38.8 Å². The van der Waals surface area contributed by atoms with Gasteiger partial charge in [-0.2, -0.15) is 4.99 Å². The lowest BCUT2D eigenvalue weighted by atomic mass is 10.1. The van der Waals surface area contributed by atoms with Gasteiger partial charge in [0.1, 0.15) is 5.75 Å². The van der Waals surface area contributed by atoms with Crippen LogP contribution in [0.3, 0.4) is 0 Å². The zero-order chi connectivity index (χ0) is 17.8. The van der Waals surface area contributed by atoms with Crippen LogP contribution in [0, 0.1) is 6.92 Å². The summed E-state index contributed by atoms with van der Waals surface area (Å²) >= 11 is 7.47. The summed E-state index contributed by atoms with van der Waals surface area (Å²) in [7, 11) is 1.52. The fraction of sp³-hybridized carbons (Fsp3) is 0.444. The highest BCUT2D eigenvalue weighted by Crippen LogP contribution is 2.23. The van der Waals surface area contributed by atoms with Crippen molar-refractivity contribution in [1.82, 2.24) is 4.57 Å². The van der Waals surface area contributed by atoms with Crippen molar-refractivity contribution in [3.05, 3.63) is 44.7 Å². The molecule has 1 aliphatic heterocycles. The number of nitrogens with zero attached hydrogens (tertiary/aromatic N) is 2.